The van der Waals surface area contributed by atoms with Gasteiger partial charge >= 0.3 is 0 Å². The lowest BCUT2D eigenvalue weighted by molar-refractivity contribution is -0.115. The monoisotopic (exact) mass is 296 g/mol. The lowest BCUT2D eigenvalue weighted by atomic mass is 10.2. The molecule has 1 aromatic carbocycles. The fraction of sp³-hybridized carbons (Fsp3) is 0.533. The van der Waals surface area contributed by atoms with Crippen molar-refractivity contribution < 1.29 is 9.00 Å². The summed E-state index contributed by atoms with van der Waals surface area (Å²) in [6.07, 6.45) is 3.48. The van der Waals surface area contributed by atoms with Crippen molar-refractivity contribution in [2.75, 3.05) is 16.8 Å². The quantitative estimate of drug-likeness (QED) is 0.687. The van der Waals surface area contributed by atoms with Crippen LogP contribution in [0.4, 0.5) is 5.69 Å². The van der Waals surface area contributed by atoms with Gasteiger partial charge in [-0.15, -0.1) is 0 Å². The van der Waals surface area contributed by atoms with E-state index in [2.05, 4.69) is 12.2 Å². The summed E-state index contributed by atoms with van der Waals surface area (Å²) in [7, 11) is -0.893. The van der Waals surface area contributed by atoms with Crippen LogP contribution in [0.2, 0.25) is 0 Å². The number of hydrogen-bond donors (Lipinski definition) is 2. The molecule has 1 rings (SSSR count). The van der Waals surface area contributed by atoms with Crippen LogP contribution < -0.4 is 11.1 Å². The van der Waals surface area contributed by atoms with E-state index < -0.39 is 10.8 Å². The summed E-state index contributed by atoms with van der Waals surface area (Å²) in [5.74, 6) is 1.02. The number of para-hydroxylation sites is 1. The number of carbonyl (C=O) groups excluding carboxylic acids is 1. The standard InChI is InChI=1S/C15H24N2O2S/c1-2-3-6-10-20(19)11-9-15(18)17-14-8-5-4-7-13(14)12-16/h4-5,7-8H,2-3,6,9-12,16H2,1H3,(H,17,18). The van der Waals surface area contributed by atoms with Crippen LogP contribution in [0.3, 0.4) is 0 Å². The highest BCUT2D eigenvalue weighted by atomic mass is 32.2. The first-order chi connectivity index (χ1) is 9.67. The van der Waals surface area contributed by atoms with Crippen LogP contribution in [0.1, 0.15) is 38.2 Å². The number of unbranched alkanes of at least 4 members (excludes halogenated alkanes) is 2. The molecule has 112 valence electrons. The van der Waals surface area contributed by atoms with Gasteiger partial charge in [0.25, 0.3) is 0 Å². The van der Waals surface area contributed by atoms with Crippen LogP contribution in [-0.4, -0.2) is 21.6 Å². The van der Waals surface area contributed by atoms with Crippen molar-refractivity contribution >= 4 is 22.4 Å². The molecule has 0 aliphatic carbocycles. The maximum absolute atomic E-state index is 11.8. The summed E-state index contributed by atoms with van der Waals surface area (Å²) in [4.78, 5) is 11.8. The number of rotatable bonds is 9. The van der Waals surface area contributed by atoms with Crippen LogP contribution in [0.15, 0.2) is 24.3 Å². The molecule has 0 radical (unpaired) electrons. The molecule has 0 saturated carbocycles. The van der Waals surface area contributed by atoms with Crippen molar-refractivity contribution in [3.05, 3.63) is 29.8 Å². The number of benzene rings is 1. The molecule has 0 aromatic heterocycles. The van der Waals surface area contributed by atoms with E-state index in [-0.39, 0.29) is 12.3 Å². The number of carbonyl (C=O) groups is 1. The second-order valence-electron chi connectivity index (χ2n) is 4.71. The molecule has 0 heterocycles. The van der Waals surface area contributed by atoms with Gasteiger partial charge < -0.3 is 11.1 Å². The summed E-state index contributed by atoms with van der Waals surface area (Å²) in [6, 6.07) is 7.47. The van der Waals surface area contributed by atoms with Crippen molar-refractivity contribution in [3.8, 4) is 0 Å². The molecular weight excluding hydrogens is 272 g/mol. The Balaban J connectivity index is 2.35. The summed E-state index contributed by atoms with van der Waals surface area (Å²) in [5, 5.41) is 2.83. The molecule has 5 heteroatoms. The second-order valence-corrected chi connectivity index (χ2v) is 6.41. The smallest absolute Gasteiger partial charge is 0.225 e. The van der Waals surface area contributed by atoms with Gasteiger partial charge in [-0.3, -0.25) is 9.00 Å². The zero-order valence-electron chi connectivity index (χ0n) is 12.1. The minimum atomic E-state index is -0.893. The normalized spacial score (nSPS) is 12.1. The Hall–Kier alpha value is -1.20. The first kappa shape index (κ1) is 16.9. The molecule has 1 amide bonds. The molecule has 4 nitrogen and oxygen atoms in total. The minimum Gasteiger partial charge on any atom is -0.326 e. The van der Waals surface area contributed by atoms with Gasteiger partial charge in [-0.1, -0.05) is 38.0 Å². The van der Waals surface area contributed by atoms with Gasteiger partial charge in [-0.25, -0.2) is 0 Å². The largest absolute Gasteiger partial charge is 0.326 e. The molecule has 0 saturated heterocycles. The molecule has 0 spiro atoms. The van der Waals surface area contributed by atoms with E-state index in [1.165, 1.54) is 0 Å². The van der Waals surface area contributed by atoms with Crippen molar-refractivity contribution in [2.45, 2.75) is 39.2 Å². The maximum atomic E-state index is 11.8. The van der Waals surface area contributed by atoms with Crippen LogP contribution in [0, 0.1) is 0 Å². The SMILES string of the molecule is CCCCCS(=O)CCC(=O)Nc1ccccc1CN. The minimum absolute atomic E-state index is 0.102. The molecule has 20 heavy (non-hydrogen) atoms. The maximum Gasteiger partial charge on any atom is 0.225 e. The van der Waals surface area contributed by atoms with Crippen LogP contribution in [-0.2, 0) is 22.1 Å². The molecule has 1 atom stereocenters. The van der Waals surface area contributed by atoms with E-state index in [9.17, 15) is 9.00 Å². The molecule has 0 bridgehead atoms. The fourth-order valence-electron chi connectivity index (χ4n) is 1.85. The summed E-state index contributed by atoms with van der Waals surface area (Å²) >= 11 is 0. The van der Waals surface area contributed by atoms with Gasteiger partial charge in [-0.05, 0) is 18.1 Å². The fourth-order valence-corrected chi connectivity index (χ4v) is 3.00. The number of amides is 1. The van der Waals surface area contributed by atoms with Gasteiger partial charge in [0.1, 0.15) is 0 Å². The number of nitrogens with one attached hydrogen (secondary N) is 1. The van der Waals surface area contributed by atoms with E-state index in [0.717, 1.165) is 30.5 Å². The second kappa shape index (κ2) is 9.66. The zero-order valence-corrected chi connectivity index (χ0v) is 12.9. The highest BCUT2D eigenvalue weighted by Crippen LogP contribution is 2.14. The zero-order chi connectivity index (χ0) is 14.8. The third-order valence-corrected chi connectivity index (χ3v) is 4.45. The van der Waals surface area contributed by atoms with Gasteiger partial charge in [0.05, 0.1) is 0 Å². The molecule has 1 aromatic rings. The van der Waals surface area contributed by atoms with Gasteiger partial charge in [-0.2, -0.15) is 0 Å². The average Bonchev–Trinajstić information content (AvgIpc) is 2.46. The van der Waals surface area contributed by atoms with E-state index in [4.69, 9.17) is 5.73 Å². The van der Waals surface area contributed by atoms with Gasteiger partial charge in [0.2, 0.25) is 5.91 Å². The van der Waals surface area contributed by atoms with Gasteiger partial charge in [0, 0.05) is 41.0 Å². The average molecular weight is 296 g/mol. The predicted octanol–water partition coefficient (Wildman–Crippen LogP) is 2.41. The number of anilines is 1. The summed E-state index contributed by atoms with van der Waals surface area (Å²) in [5.41, 5.74) is 7.27. The van der Waals surface area contributed by atoms with Crippen LogP contribution in [0.5, 0.6) is 0 Å². The third-order valence-electron chi connectivity index (χ3n) is 3.04. The predicted molar refractivity (Wildman–Crippen MR) is 85.0 cm³/mol. The molecule has 0 fully saturated rings. The summed E-state index contributed by atoms with van der Waals surface area (Å²) in [6.45, 7) is 2.50. The first-order valence-electron chi connectivity index (χ1n) is 7.10. The van der Waals surface area contributed by atoms with Crippen molar-refractivity contribution in [2.24, 2.45) is 5.73 Å². The lowest BCUT2D eigenvalue weighted by Crippen LogP contribution is -2.17. The van der Waals surface area contributed by atoms with Crippen LogP contribution >= 0.6 is 0 Å². The molecule has 3 N–H and O–H groups in total. The van der Waals surface area contributed by atoms with Crippen LogP contribution in [0.25, 0.3) is 0 Å². The molecule has 0 aliphatic rings. The summed E-state index contributed by atoms with van der Waals surface area (Å²) < 4.78 is 11.7. The van der Waals surface area contributed by atoms with E-state index in [1.54, 1.807) is 0 Å². The number of nitrogens with two attached hydrogens (primary N) is 1. The topological polar surface area (TPSA) is 72.2 Å². The molecule has 0 aliphatic heterocycles. The highest BCUT2D eigenvalue weighted by molar-refractivity contribution is 7.84. The highest BCUT2D eigenvalue weighted by Gasteiger charge is 2.08. The van der Waals surface area contributed by atoms with Crippen molar-refractivity contribution in [1.82, 2.24) is 0 Å². The van der Waals surface area contributed by atoms with Crippen molar-refractivity contribution in [1.29, 1.82) is 0 Å². The third kappa shape index (κ3) is 6.30. The Morgan fingerprint density at radius 1 is 1.25 bits per heavy atom. The van der Waals surface area contributed by atoms with E-state index in [1.807, 2.05) is 24.3 Å². The lowest BCUT2D eigenvalue weighted by Gasteiger charge is -2.09. The Bertz CT molecular complexity index is 449. The molecular formula is C15H24N2O2S. The number of hydrogen-bond acceptors (Lipinski definition) is 3. The van der Waals surface area contributed by atoms with Crippen molar-refractivity contribution in [3.63, 3.8) is 0 Å². The van der Waals surface area contributed by atoms with Gasteiger partial charge in [0.15, 0.2) is 0 Å². The Morgan fingerprint density at radius 3 is 2.70 bits per heavy atom. The first-order valence-corrected chi connectivity index (χ1v) is 8.59. The van der Waals surface area contributed by atoms with E-state index in [0.29, 0.717) is 18.1 Å². The Labute approximate surface area is 123 Å². The Kier molecular flexibility index (Phi) is 8.14. The molecule has 1 unspecified atom stereocenters. The van der Waals surface area contributed by atoms with E-state index >= 15 is 0 Å². The Morgan fingerprint density at radius 2 is 2.00 bits per heavy atom.